The third-order valence-corrected chi connectivity index (χ3v) is 6.78. The van der Waals surface area contributed by atoms with Gasteiger partial charge in [0.2, 0.25) is 0 Å². The number of aryl methyl sites for hydroxylation is 1. The van der Waals surface area contributed by atoms with Crippen LogP contribution in [0.4, 0.5) is 0 Å². The maximum atomic E-state index is 14.3. The van der Waals surface area contributed by atoms with Gasteiger partial charge in [-0.2, -0.15) is 0 Å². The van der Waals surface area contributed by atoms with E-state index in [1.807, 2.05) is 84.6 Å². The van der Waals surface area contributed by atoms with Crippen LogP contribution in [0.1, 0.15) is 21.6 Å². The number of benzene rings is 3. The summed E-state index contributed by atoms with van der Waals surface area (Å²) in [6.45, 7) is 3.23. The zero-order valence-electron chi connectivity index (χ0n) is 20.0. The molecule has 5 rings (SSSR count). The zero-order valence-corrected chi connectivity index (χ0v) is 20.0. The molecular formula is C30H31N3O2. The van der Waals surface area contributed by atoms with E-state index in [4.69, 9.17) is 0 Å². The average Bonchev–Trinajstić information content (AvgIpc) is 3.26. The fraction of sp³-hybridized carbons (Fsp3) is 0.233. The van der Waals surface area contributed by atoms with Crippen LogP contribution in [0.2, 0.25) is 0 Å². The number of aliphatic hydroxyl groups excluding tert-OH is 1. The van der Waals surface area contributed by atoms with E-state index in [2.05, 4.69) is 34.1 Å². The Kier molecular flexibility index (Phi) is 6.80. The Labute approximate surface area is 206 Å². The molecule has 35 heavy (non-hydrogen) atoms. The van der Waals surface area contributed by atoms with E-state index in [0.29, 0.717) is 18.7 Å². The highest BCUT2D eigenvalue weighted by atomic mass is 16.3. The average molecular weight is 466 g/mol. The van der Waals surface area contributed by atoms with Gasteiger partial charge in [-0.25, -0.2) is 0 Å². The SMILES string of the molecule is Cc1cc(C(=O)N2[C@H](CO)CNC[C@H]2Cc2ccccc2)c(-c2ccccc2)n1-c1ccccc1. The number of nitrogens with zero attached hydrogens (tertiary/aromatic N) is 2. The molecular weight excluding hydrogens is 434 g/mol. The van der Waals surface area contributed by atoms with Crippen LogP contribution in [-0.4, -0.2) is 52.3 Å². The molecule has 1 aromatic heterocycles. The Morgan fingerprint density at radius 2 is 1.49 bits per heavy atom. The van der Waals surface area contributed by atoms with Crippen molar-refractivity contribution in [1.82, 2.24) is 14.8 Å². The van der Waals surface area contributed by atoms with Crippen LogP contribution in [0.15, 0.2) is 97.1 Å². The molecule has 2 heterocycles. The largest absolute Gasteiger partial charge is 0.394 e. The number of carbonyl (C=O) groups is 1. The predicted octanol–water partition coefficient (Wildman–Crippen LogP) is 4.47. The molecule has 0 saturated carbocycles. The molecule has 1 aliphatic heterocycles. The van der Waals surface area contributed by atoms with Crippen molar-refractivity contribution >= 4 is 5.91 Å². The highest BCUT2D eigenvalue weighted by Gasteiger charge is 2.36. The molecule has 1 fully saturated rings. The second-order valence-corrected chi connectivity index (χ2v) is 9.14. The molecule has 0 unspecified atom stereocenters. The van der Waals surface area contributed by atoms with Gasteiger partial charge in [0, 0.05) is 30.5 Å². The van der Waals surface area contributed by atoms with Gasteiger partial charge in [-0.05, 0) is 42.7 Å². The highest BCUT2D eigenvalue weighted by molar-refractivity contribution is 6.01. The second kappa shape index (κ2) is 10.3. The normalized spacial score (nSPS) is 17.9. The Hall–Kier alpha value is -3.67. The minimum Gasteiger partial charge on any atom is -0.394 e. The summed E-state index contributed by atoms with van der Waals surface area (Å²) >= 11 is 0. The number of amides is 1. The molecule has 0 radical (unpaired) electrons. The second-order valence-electron chi connectivity index (χ2n) is 9.14. The summed E-state index contributed by atoms with van der Waals surface area (Å²) in [5.74, 6) is -0.0388. The van der Waals surface area contributed by atoms with Crippen LogP contribution in [-0.2, 0) is 6.42 Å². The fourth-order valence-corrected chi connectivity index (χ4v) is 5.18. The number of piperazine rings is 1. The van der Waals surface area contributed by atoms with Gasteiger partial charge in [-0.1, -0.05) is 78.9 Å². The first-order valence-electron chi connectivity index (χ1n) is 12.2. The third kappa shape index (κ3) is 4.65. The smallest absolute Gasteiger partial charge is 0.256 e. The number of para-hydroxylation sites is 1. The third-order valence-electron chi connectivity index (χ3n) is 6.78. The van der Waals surface area contributed by atoms with Crippen LogP contribution in [0, 0.1) is 6.92 Å². The topological polar surface area (TPSA) is 57.5 Å². The lowest BCUT2D eigenvalue weighted by Gasteiger charge is -2.42. The quantitative estimate of drug-likeness (QED) is 0.442. The standard InChI is InChI=1S/C30H31N3O2/c1-22-17-28(29(24-13-7-3-8-14-24)32(22)25-15-9-4-10-16-25)30(35)33-26(19-31-20-27(33)21-34)18-23-11-5-2-6-12-23/h2-17,26-27,31,34H,18-21H2,1H3/t26-,27+/m1/s1. The minimum atomic E-state index is -0.283. The van der Waals surface area contributed by atoms with E-state index in [1.54, 1.807) is 0 Å². The van der Waals surface area contributed by atoms with Gasteiger partial charge >= 0.3 is 0 Å². The van der Waals surface area contributed by atoms with E-state index in [1.165, 1.54) is 5.56 Å². The highest BCUT2D eigenvalue weighted by Crippen LogP contribution is 2.33. The summed E-state index contributed by atoms with van der Waals surface area (Å²) in [5, 5.41) is 13.6. The molecule has 4 aromatic rings. The first-order chi connectivity index (χ1) is 17.2. The number of carbonyl (C=O) groups excluding carboxylic acids is 1. The number of aliphatic hydroxyl groups is 1. The fourth-order valence-electron chi connectivity index (χ4n) is 5.18. The Morgan fingerprint density at radius 3 is 2.14 bits per heavy atom. The van der Waals surface area contributed by atoms with Gasteiger partial charge in [0.15, 0.2) is 0 Å². The number of nitrogens with one attached hydrogen (secondary N) is 1. The number of hydrogen-bond acceptors (Lipinski definition) is 3. The first-order valence-corrected chi connectivity index (χ1v) is 12.2. The molecule has 1 aliphatic rings. The summed E-state index contributed by atoms with van der Waals surface area (Å²) in [6, 6.07) is 32.1. The van der Waals surface area contributed by atoms with Gasteiger partial charge in [0.25, 0.3) is 5.91 Å². The van der Waals surface area contributed by atoms with Crippen molar-refractivity contribution in [1.29, 1.82) is 0 Å². The minimum absolute atomic E-state index is 0.0388. The van der Waals surface area contributed by atoms with Crippen molar-refractivity contribution in [2.24, 2.45) is 0 Å². The molecule has 5 heteroatoms. The van der Waals surface area contributed by atoms with E-state index in [-0.39, 0.29) is 24.6 Å². The zero-order chi connectivity index (χ0) is 24.2. The van der Waals surface area contributed by atoms with Crippen molar-refractivity contribution in [2.75, 3.05) is 19.7 Å². The Bertz CT molecular complexity index is 1270. The van der Waals surface area contributed by atoms with Crippen LogP contribution < -0.4 is 5.32 Å². The summed E-state index contributed by atoms with van der Waals surface area (Å²) in [4.78, 5) is 16.3. The van der Waals surface area contributed by atoms with Crippen LogP contribution in [0.25, 0.3) is 16.9 Å². The van der Waals surface area contributed by atoms with Crippen LogP contribution in [0.3, 0.4) is 0 Å². The summed E-state index contributed by atoms with van der Waals surface area (Å²) in [7, 11) is 0. The molecule has 2 N–H and O–H groups in total. The Balaban J connectivity index is 1.61. The summed E-state index contributed by atoms with van der Waals surface area (Å²) < 4.78 is 2.16. The van der Waals surface area contributed by atoms with Crippen molar-refractivity contribution in [3.8, 4) is 16.9 Å². The maximum absolute atomic E-state index is 14.3. The van der Waals surface area contributed by atoms with E-state index >= 15 is 0 Å². The van der Waals surface area contributed by atoms with Crippen molar-refractivity contribution in [2.45, 2.75) is 25.4 Å². The van der Waals surface area contributed by atoms with Crippen LogP contribution >= 0.6 is 0 Å². The van der Waals surface area contributed by atoms with Crippen molar-refractivity contribution in [3.63, 3.8) is 0 Å². The lowest BCUT2D eigenvalue weighted by atomic mass is 9.98. The Morgan fingerprint density at radius 1 is 0.886 bits per heavy atom. The van der Waals surface area contributed by atoms with E-state index in [0.717, 1.165) is 29.1 Å². The summed E-state index contributed by atoms with van der Waals surface area (Å²) in [5.41, 5.74) is 5.72. The molecule has 5 nitrogen and oxygen atoms in total. The van der Waals surface area contributed by atoms with Gasteiger partial charge in [-0.3, -0.25) is 4.79 Å². The lowest BCUT2D eigenvalue weighted by molar-refractivity contribution is 0.0361. The molecule has 2 atom stereocenters. The van der Waals surface area contributed by atoms with Gasteiger partial charge in [0.05, 0.1) is 23.9 Å². The molecule has 1 amide bonds. The number of aromatic nitrogens is 1. The van der Waals surface area contributed by atoms with Gasteiger partial charge in [-0.15, -0.1) is 0 Å². The van der Waals surface area contributed by atoms with E-state index < -0.39 is 0 Å². The monoisotopic (exact) mass is 465 g/mol. The van der Waals surface area contributed by atoms with Crippen LogP contribution in [0.5, 0.6) is 0 Å². The number of hydrogen-bond donors (Lipinski definition) is 2. The predicted molar refractivity (Wildman–Crippen MR) is 140 cm³/mol. The molecule has 3 aromatic carbocycles. The molecule has 0 spiro atoms. The van der Waals surface area contributed by atoms with Gasteiger partial charge in [0.1, 0.15) is 0 Å². The first kappa shape index (κ1) is 23.1. The molecule has 0 aliphatic carbocycles. The van der Waals surface area contributed by atoms with Crippen molar-refractivity contribution in [3.05, 3.63) is 114 Å². The van der Waals surface area contributed by atoms with Gasteiger partial charge < -0.3 is 19.9 Å². The molecule has 1 saturated heterocycles. The maximum Gasteiger partial charge on any atom is 0.256 e. The number of rotatable bonds is 6. The van der Waals surface area contributed by atoms with Crippen molar-refractivity contribution < 1.29 is 9.90 Å². The van der Waals surface area contributed by atoms with E-state index in [9.17, 15) is 9.90 Å². The molecule has 178 valence electrons. The lowest BCUT2D eigenvalue weighted by Crippen LogP contribution is -2.61. The molecule has 0 bridgehead atoms. The summed E-state index contributed by atoms with van der Waals surface area (Å²) in [6.07, 6.45) is 0.731.